The molecule has 2 heterocycles. The van der Waals surface area contributed by atoms with Crippen molar-refractivity contribution in [1.29, 1.82) is 0 Å². The van der Waals surface area contributed by atoms with E-state index >= 15 is 0 Å². The number of aliphatic hydroxyl groups is 1. The third-order valence-electron chi connectivity index (χ3n) is 3.83. The SMILES string of the molecule is CO[C@H]1OC(COCc2ccccc2)C(O)[C@@H]2OC(=O)N[C@H]12. The summed E-state index contributed by atoms with van der Waals surface area (Å²) in [6.45, 7) is 0.591. The van der Waals surface area contributed by atoms with E-state index in [1.54, 1.807) is 0 Å². The number of hydrogen-bond acceptors (Lipinski definition) is 6. The van der Waals surface area contributed by atoms with Crippen molar-refractivity contribution >= 4 is 6.09 Å². The van der Waals surface area contributed by atoms with Crippen LogP contribution in [0.1, 0.15) is 5.56 Å². The number of hydrogen-bond donors (Lipinski definition) is 2. The molecule has 5 atom stereocenters. The van der Waals surface area contributed by atoms with Crippen LogP contribution in [0.5, 0.6) is 0 Å². The van der Waals surface area contributed by atoms with Crippen LogP contribution < -0.4 is 5.32 Å². The van der Waals surface area contributed by atoms with E-state index in [1.807, 2.05) is 30.3 Å². The Hall–Kier alpha value is -1.67. The molecule has 2 fully saturated rings. The Bertz CT molecular complexity index is 510. The van der Waals surface area contributed by atoms with Crippen LogP contribution in [0.3, 0.4) is 0 Å². The van der Waals surface area contributed by atoms with Crippen molar-refractivity contribution in [3.05, 3.63) is 35.9 Å². The predicted molar refractivity (Wildman–Crippen MR) is 75.0 cm³/mol. The molecule has 0 saturated carbocycles. The highest BCUT2D eigenvalue weighted by Crippen LogP contribution is 2.28. The van der Waals surface area contributed by atoms with Crippen molar-refractivity contribution in [3.63, 3.8) is 0 Å². The molecule has 2 unspecified atom stereocenters. The summed E-state index contributed by atoms with van der Waals surface area (Å²) < 4.78 is 21.6. The summed E-state index contributed by atoms with van der Waals surface area (Å²) in [5, 5.41) is 12.9. The summed E-state index contributed by atoms with van der Waals surface area (Å²) in [6.07, 6.45) is -3.54. The molecule has 0 bridgehead atoms. The van der Waals surface area contributed by atoms with Gasteiger partial charge in [-0.2, -0.15) is 0 Å². The Morgan fingerprint density at radius 2 is 2.09 bits per heavy atom. The molecule has 0 spiro atoms. The largest absolute Gasteiger partial charge is 0.441 e. The average molecular weight is 309 g/mol. The molecule has 3 rings (SSSR count). The van der Waals surface area contributed by atoms with Gasteiger partial charge >= 0.3 is 6.09 Å². The maximum Gasteiger partial charge on any atom is 0.408 e. The standard InChI is InChI=1S/C15H19NO6/c1-19-14-11-13(22-15(18)16-11)12(17)10(21-14)8-20-7-9-5-3-2-4-6-9/h2-6,10-14,17H,7-8H2,1H3,(H,16,18)/t10?,11-,12?,13+,14-/m0/s1. The highest BCUT2D eigenvalue weighted by Gasteiger charge is 2.52. The number of rotatable bonds is 5. The second kappa shape index (κ2) is 6.62. The molecule has 22 heavy (non-hydrogen) atoms. The predicted octanol–water partition coefficient (Wildman–Crippen LogP) is 0.412. The monoisotopic (exact) mass is 309 g/mol. The third kappa shape index (κ3) is 3.07. The van der Waals surface area contributed by atoms with Crippen LogP contribution in [0.4, 0.5) is 4.79 Å². The average Bonchev–Trinajstić information content (AvgIpc) is 2.93. The van der Waals surface area contributed by atoms with Crippen LogP contribution in [-0.2, 0) is 25.6 Å². The van der Waals surface area contributed by atoms with Crippen molar-refractivity contribution < 1.29 is 28.8 Å². The van der Waals surface area contributed by atoms with Gasteiger partial charge in [0.15, 0.2) is 12.4 Å². The lowest BCUT2D eigenvalue weighted by Crippen LogP contribution is -2.60. The Kier molecular flexibility index (Phi) is 4.58. The molecule has 0 aliphatic carbocycles. The number of carbonyl (C=O) groups excluding carboxylic acids is 1. The van der Waals surface area contributed by atoms with Crippen LogP contribution >= 0.6 is 0 Å². The first-order chi connectivity index (χ1) is 10.7. The molecule has 1 amide bonds. The van der Waals surface area contributed by atoms with E-state index in [0.717, 1.165) is 5.56 Å². The Labute approximate surface area is 128 Å². The van der Waals surface area contributed by atoms with Crippen molar-refractivity contribution in [3.8, 4) is 0 Å². The first kappa shape index (κ1) is 15.2. The second-order valence-electron chi connectivity index (χ2n) is 5.31. The van der Waals surface area contributed by atoms with Crippen molar-refractivity contribution in [2.24, 2.45) is 0 Å². The summed E-state index contributed by atoms with van der Waals surface area (Å²) >= 11 is 0. The fourth-order valence-electron chi connectivity index (χ4n) is 2.71. The quantitative estimate of drug-likeness (QED) is 0.819. The summed E-state index contributed by atoms with van der Waals surface area (Å²) in [6, 6.07) is 9.18. The normalized spacial score (nSPS) is 33.9. The molecule has 2 aliphatic rings. The summed E-state index contributed by atoms with van der Waals surface area (Å²) in [5.41, 5.74) is 1.03. The molecule has 120 valence electrons. The van der Waals surface area contributed by atoms with E-state index < -0.39 is 36.7 Å². The maximum absolute atomic E-state index is 11.3. The number of benzene rings is 1. The highest BCUT2D eigenvalue weighted by molar-refractivity contribution is 5.70. The molecule has 0 aromatic heterocycles. The molecule has 2 N–H and O–H groups in total. The number of alkyl carbamates (subject to hydrolysis) is 1. The molecule has 7 nitrogen and oxygen atoms in total. The van der Waals surface area contributed by atoms with Gasteiger partial charge in [-0.15, -0.1) is 0 Å². The van der Waals surface area contributed by atoms with E-state index in [0.29, 0.717) is 6.61 Å². The lowest BCUT2D eigenvalue weighted by Gasteiger charge is -2.39. The zero-order chi connectivity index (χ0) is 15.5. The van der Waals surface area contributed by atoms with E-state index in [9.17, 15) is 9.90 Å². The van der Waals surface area contributed by atoms with E-state index in [4.69, 9.17) is 18.9 Å². The number of aliphatic hydroxyl groups excluding tert-OH is 1. The van der Waals surface area contributed by atoms with Gasteiger partial charge in [0.2, 0.25) is 0 Å². The summed E-state index contributed by atoms with van der Waals surface area (Å²) in [4.78, 5) is 11.3. The second-order valence-corrected chi connectivity index (χ2v) is 5.31. The molecule has 7 heteroatoms. The fourth-order valence-corrected chi connectivity index (χ4v) is 2.71. The van der Waals surface area contributed by atoms with Crippen LogP contribution in [0.15, 0.2) is 30.3 Å². The lowest BCUT2D eigenvalue weighted by molar-refractivity contribution is -0.254. The zero-order valence-corrected chi connectivity index (χ0v) is 12.2. The molecule has 2 aliphatic heterocycles. The van der Waals surface area contributed by atoms with E-state index in [2.05, 4.69) is 5.32 Å². The number of carbonyl (C=O) groups is 1. The minimum Gasteiger partial charge on any atom is -0.441 e. The van der Waals surface area contributed by atoms with E-state index in [-0.39, 0.29) is 6.61 Å². The van der Waals surface area contributed by atoms with Gasteiger partial charge in [-0.05, 0) is 5.56 Å². The topological polar surface area (TPSA) is 86.2 Å². The molecule has 2 saturated heterocycles. The Morgan fingerprint density at radius 1 is 1.32 bits per heavy atom. The lowest BCUT2D eigenvalue weighted by atomic mass is 9.98. The van der Waals surface area contributed by atoms with Gasteiger partial charge in [0, 0.05) is 7.11 Å². The Morgan fingerprint density at radius 3 is 2.82 bits per heavy atom. The molecule has 0 radical (unpaired) electrons. The smallest absolute Gasteiger partial charge is 0.408 e. The minimum absolute atomic E-state index is 0.177. The van der Waals surface area contributed by atoms with Gasteiger partial charge < -0.3 is 29.4 Å². The van der Waals surface area contributed by atoms with Crippen LogP contribution in [0.25, 0.3) is 0 Å². The number of ether oxygens (including phenoxy) is 4. The number of fused-ring (bicyclic) bond motifs is 1. The van der Waals surface area contributed by atoms with Crippen molar-refractivity contribution in [1.82, 2.24) is 5.32 Å². The van der Waals surface area contributed by atoms with E-state index in [1.165, 1.54) is 7.11 Å². The van der Waals surface area contributed by atoms with Crippen molar-refractivity contribution in [2.75, 3.05) is 13.7 Å². The maximum atomic E-state index is 11.3. The molecular formula is C15H19NO6. The van der Waals surface area contributed by atoms with Gasteiger partial charge in [-0.25, -0.2) is 4.79 Å². The van der Waals surface area contributed by atoms with Crippen LogP contribution in [0.2, 0.25) is 0 Å². The highest BCUT2D eigenvalue weighted by atomic mass is 16.7. The molecule has 1 aromatic rings. The summed E-state index contributed by atoms with van der Waals surface area (Å²) in [5.74, 6) is 0. The van der Waals surface area contributed by atoms with Gasteiger partial charge in [-0.3, -0.25) is 0 Å². The fraction of sp³-hybridized carbons (Fsp3) is 0.533. The zero-order valence-electron chi connectivity index (χ0n) is 12.2. The van der Waals surface area contributed by atoms with Gasteiger partial charge in [0.05, 0.1) is 13.2 Å². The summed E-state index contributed by atoms with van der Waals surface area (Å²) in [7, 11) is 1.48. The van der Waals surface area contributed by atoms with Gasteiger partial charge in [0.25, 0.3) is 0 Å². The van der Waals surface area contributed by atoms with Gasteiger partial charge in [-0.1, -0.05) is 30.3 Å². The number of nitrogens with one attached hydrogen (secondary N) is 1. The molecular weight excluding hydrogens is 290 g/mol. The van der Waals surface area contributed by atoms with Gasteiger partial charge in [0.1, 0.15) is 18.2 Å². The minimum atomic E-state index is -0.967. The van der Waals surface area contributed by atoms with Crippen LogP contribution in [-0.4, -0.2) is 55.6 Å². The first-order valence-corrected chi connectivity index (χ1v) is 7.14. The van der Waals surface area contributed by atoms with Crippen LogP contribution in [0, 0.1) is 0 Å². The first-order valence-electron chi connectivity index (χ1n) is 7.14. The number of amides is 1. The molecule has 1 aromatic carbocycles. The Balaban J connectivity index is 1.58. The number of methoxy groups -OCH3 is 1. The van der Waals surface area contributed by atoms with Crippen molar-refractivity contribution in [2.45, 2.75) is 37.3 Å². The third-order valence-corrected chi connectivity index (χ3v) is 3.83.